The number of aromatic nitrogens is 1. The number of nitrogens with zero attached hydrogens (tertiary/aromatic N) is 2. The number of hydrogen-bond donors (Lipinski definition) is 1. The highest BCUT2D eigenvalue weighted by Crippen LogP contribution is 2.30. The number of fused-ring (bicyclic) bond motifs is 2. The van der Waals surface area contributed by atoms with E-state index in [4.69, 9.17) is 0 Å². The summed E-state index contributed by atoms with van der Waals surface area (Å²) in [6.45, 7) is 2.90. The molecule has 0 spiro atoms. The van der Waals surface area contributed by atoms with Crippen molar-refractivity contribution >= 4 is 29.4 Å². The summed E-state index contributed by atoms with van der Waals surface area (Å²) in [6.07, 6.45) is 7.84. The first kappa shape index (κ1) is 17.0. The summed E-state index contributed by atoms with van der Waals surface area (Å²) in [6, 6.07) is 18.3. The van der Waals surface area contributed by atoms with Crippen LogP contribution in [0.15, 0.2) is 67.0 Å². The number of carbonyl (C=O) groups excluding carboxylic acids is 1. The molecule has 2 aromatic carbocycles. The van der Waals surface area contributed by atoms with Gasteiger partial charge in [0.05, 0.1) is 12.2 Å². The molecule has 1 aromatic heterocycles. The molecule has 3 aromatic rings. The first-order chi connectivity index (χ1) is 13.2. The van der Waals surface area contributed by atoms with Gasteiger partial charge >= 0.3 is 0 Å². The highest BCUT2D eigenvalue weighted by molar-refractivity contribution is 5.95. The van der Waals surface area contributed by atoms with Crippen molar-refractivity contribution in [2.24, 2.45) is 0 Å². The molecular weight excluding hydrogens is 334 g/mol. The molecule has 1 N–H and O–H groups in total. The molecule has 0 saturated carbocycles. The minimum absolute atomic E-state index is 0.0440. The molecule has 1 aliphatic rings. The number of benzene rings is 2. The van der Waals surface area contributed by atoms with Gasteiger partial charge in [-0.2, -0.15) is 0 Å². The zero-order chi connectivity index (χ0) is 18.6. The van der Waals surface area contributed by atoms with Crippen molar-refractivity contribution in [2.75, 3.05) is 10.2 Å². The number of rotatable bonds is 3. The van der Waals surface area contributed by atoms with E-state index >= 15 is 0 Å². The zero-order valence-electron chi connectivity index (χ0n) is 15.2. The number of pyridine rings is 1. The van der Waals surface area contributed by atoms with Crippen molar-refractivity contribution in [1.82, 2.24) is 4.98 Å². The molecule has 134 valence electrons. The maximum Gasteiger partial charge on any atom is 0.224 e. The number of para-hydroxylation sites is 1. The van der Waals surface area contributed by atoms with Gasteiger partial charge in [-0.3, -0.25) is 9.78 Å². The molecule has 4 rings (SSSR count). The van der Waals surface area contributed by atoms with E-state index in [0.717, 1.165) is 40.2 Å². The summed E-state index contributed by atoms with van der Waals surface area (Å²) in [5.74, 6) is 0.0440. The normalized spacial score (nSPS) is 12.6. The molecule has 0 aliphatic carbocycles. The molecule has 0 bridgehead atoms. The lowest BCUT2D eigenvalue weighted by molar-refractivity contribution is -0.116. The Morgan fingerprint density at radius 3 is 2.74 bits per heavy atom. The third-order valence-corrected chi connectivity index (χ3v) is 4.74. The van der Waals surface area contributed by atoms with E-state index in [1.807, 2.05) is 41.4 Å². The van der Waals surface area contributed by atoms with Crippen molar-refractivity contribution < 1.29 is 4.79 Å². The predicted octanol–water partition coefficient (Wildman–Crippen LogP) is 4.73. The van der Waals surface area contributed by atoms with Crippen molar-refractivity contribution in [2.45, 2.75) is 20.0 Å². The van der Waals surface area contributed by atoms with Crippen LogP contribution in [0.3, 0.4) is 0 Å². The second-order valence-corrected chi connectivity index (χ2v) is 6.63. The monoisotopic (exact) mass is 355 g/mol. The molecule has 1 amide bonds. The standard InChI is InChI=1S/C23H21N3O/c1-17(27)26-16-21-10-11-22(25-15-18-5-4-12-24-14-18)13-20(21)9-8-19-6-2-3-7-23(19)26/h2-14,25H,15-16H2,1H3. The summed E-state index contributed by atoms with van der Waals surface area (Å²) in [5, 5.41) is 3.45. The van der Waals surface area contributed by atoms with Crippen LogP contribution in [-0.2, 0) is 17.9 Å². The maximum absolute atomic E-state index is 12.2. The third-order valence-electron chi connectivity index (χ3n) is 4.74. The quantitative estimate of drug-likeness (QED) is 0.739. The lowest BCUT2D eigenvalue weighted by atomic mass is 10.00. The SMILES string of the molecule is CC(=O)N1Cc2ccc(NCc3cccnc3)cc2C=Cc2ccccc21. The lowest BCUT2D eigenvalue weighted by Crippen LogP contribution is -2.29. The fourth-order valence-corrected chi connectivity index (χ4v) is 3.30. The number of carbonyl (C=O) groups is 1. The minimum atomic E-state index is 0.0440. The number of anilines is 2. The van der Waals surface area contributed by atoms with Gasteiger partial charge < -0.3 is 10.2 Å². The molecular formula is C23H21N3O. The number of nitrogens with one attached hydrogen (secondary N) is 1. The van der Waals surface area contributed by atoms with Crippen molar-refractivity contribution in [3.63, 3.8) is 0 Å². The van der Waals surface area contributed by atoms with Gasteiger partial charge in [-0.05, 0) is 46.5 Å². The second-order valence-electron chi connectivity index (χ2n) is 6.63. The fourth-order valence-electron chi connectivity index (χ4n) is 3.30. The Hall–Kier alpha value is -3.40. The van der Waals surface area contributed by atoms with E-state index < -0.39 is 0 Å². The molecule has 0 unspecified atom stereocenters. The molecule has 1 aliphatic heterocycles. The molecule has 0 atom stereocenters. The van der Waals surface area contributed by atoms with Crippen molar-refractivity contribution in [3.8, 4) is 0 Å². The molecule has 0 fully saturated rings. The first-order valence-electron chi connectivity index (χ1n) is 9.01. The Morgan fingerprint density at radius 1 is 1.07 bits per heavy atom. The van der Waals surface area contributed by atoms with E-state index in [0.29, 0.717) is 6.54 Å². The van der Waals surface area contributed by atoms with Crippen LogP contribution in [-0.4, -0.2) is 10.9 Å². The highest BCUT2D eigenvalue weighted by Gasteiger charge is 2.18. The largest absolute Gasteiger partial charge is 0.381 e. The topological polar surface area (TPSA) is 45.2 Å². The van der Waals surface area contributed by atoms with E-state index in [-0.39, 0.29) is 5.91 Å². The Morgan fingerprint density at radius 2 is 1.93 bits per heavy atom. The molecule has 0 saturated heterocycles. The molecule has 2 heterocycles. The summed E-state index contributed by atoms with van der Waals surface area (Å²) in [4.78, 5) is 18.2. The fraction of sp³-hybridized carbons (Fsp3) is 0.130. The number of amides is 1. The van der Waals surface area contributed by atoms with Crippen molar-refractivity contribution in [3.05, 3.63) is 89.2 Å². The first-order valence-corrected chi connectivity index (χ1v) is 9.01. The molecule has 4 nitrogen and oxygen atoms in total. The maximum atomic E-state index is 12.2. The highest BCUT2D eigenvalue weighted by atomic mass is 16.2. The summed E-state index contributed by atoms with van der Waals surface area (Å²) >= 11 is 0. The van der Waals surface area contributed by atoms with Crippen LogP contribution in [0.4, 0.5) is 11.4 Å². The van der Waals surface area contributed by atoms with Gasteiger partial charge in [-0.15, -0.1) is 0 Å². The average molecular weight is 355 g/mol. The van der Waals surface area contributed by atoms with E-state index in [9.17, 15) is 4.79 Å². The minimum Gasteiger partial charge on any atom is -0.381 e. The van der Waals surface area contributed by atoms with Gasteiger partial charge in [0.2, 0.25) is 5.91 Å². The molecule has 27 heavy (non-hydrogen) atoms. The Labute approximate surface area is 159 Å². The van der Waals surface area contributed by atoms with Crippen LogP contribution >= 0.6 is 0 Å². The smallest absolute Gasteiger partial charge is 0.224 e. The summed E-state index contributed by atoms with van der Waals surface area (Å²) in [7, 11) is 0. The van der Waals surface area contributed by atoms with Crippen LogP contribution in [0.1, 0.15) is 29.2 Å². The number of hydrogen-bond acceptors (Lipinski definition) is 3. The average Bonchev–Trinajstić information content (AvgIpc) is 2.69. The van der Waals surface area contributed by atoms with Crippen LogP contribution in [0.25, 0.3) is 12.2 Å². The van der Waals surface area contributed by atoms with Gasteiger partial charge in [0, 0.05) is 31.5 Å². The van der Waals surface area contributed by atoms with Gasteiger partial charge in [0.25, 0.3) is 0 Å². The van der Waals surface area contributed by atoms with E-state index in [1.54, 1.807) is 13.1 Å². The molecule has 0 radical (unpaired) electrons. The van der Waals surface area contributed by atoms with Crippen LogP contribution in [0, 0.1) is 0 Å². The third kappa shape index (κ3) is 3.75. The zero-order valence-corrected chi connectivity index (χ0v) is 15.2. The Balaban J connectivity index is 1.64. The van der Waals surface area contributed by atoms with Gasteiger partial charge in [-0.25, -0.2) is 0 Å². The van der Waals surface area contributed by atoms with Gasteiger partial charge in [-0.1, -0.05) is 42.5 Å². The second kappa shape index (κ2) is 7.46. The van der Waals surface area contributed by atoms with Crippen LogP contribution in [0.2, 0.25) is 0 Å². The van der Waals surface area contributed by atoms with Crippen LogP contribution < -0.4 is 10.2 Å². The Kier molecular flexibility index (Phi) is 4.71. The summed E-state index contributed by atoms with van der Waals surface area (Å²) < 4.78 is 0. The predicted molar refractivity (Wildman–Crippen MR) is 110 cm³/mol. The summed E-state index contributed by atoms with van der Waals surface area (Å²) in [5.41, 5.74) is 6.43. The van der Waals surface area contributed by atoms with E-state index in [2.05, 4.69) is 46.7 Å². The molecule has 4 heteroatoms. The van der Waals surface area contributed by atoms with Crippen LogP contribution in [0.5, 0.6) is 0 Å². The van der Waals surface area contributed by atoms with Crippen molar-refractivity contribution in [1.29, 1.82) is 0 Å². The lowest BCUT2D eigenvalue weighted by Gasteiger charge is -2.26. The Bertz CT molecular complexity index is 996. The van der Waals surface area contributed by atoms with Gasteiger partial charge in [0.1, 0.15) is 0 Å². The van der Waals surface area contributed by atoms with E-state index in [1.165, 1.54) is 0 Å². The van der Waals surface area contributed by atoms with Gasteiger partial charge in [0.15, 0.2) is 0 Å².